The Hall–Kier alpha value is -2.91. The van der Waals surface area contributed by atoms with Gasteiger partial charge in [-0.25, -0.2) is 17.9 Å². The molecule has 0 saturated heterocycles. The second-order valence-corrected chi connectivity index (χ2v) is 10.8. The molecule has 0 bridgehead atoms. The van der Waals surface area contributed by atoms with E-state index in [0.717, 1.165) is 24.0 Å². The molecule has 4 N–H and O–H groups in total. The Morgan fingerprint density at radius 1 is 0.882 bits per heavy atom. The van der Waals surface area contributed by atoms with Crippen molar-refractivity contribution >= 4 is 22.0 Å². The maximum Gasteiger partial charge on any atom is 0.315 e. The first-order valence-electron chi connectivity index (χ1n) is 11.6. The summed E-state index contributed by atoms with van der Waals surface area (Å²) in [7, 11) is -3.50. The maximum absolute atomic E-state index is 13.2. The zero-order valence-electron chi connectivity index (χ0n) is 19.8. The Labute approximate surface area is 202 Å². The van der Waals surface area contributed by atoms with Crippen molar-refractivity contribution in [1.29, 1.82) is 0 Å². The van der Waals surface area contributed by atoms with Gasteiger partial charge in [0.05, 0.1) is 5.75 Å². The summed E-state index contributed by atoms with van der Waals surface area (Å²) in [5.74, 6) is -0.416. The topological polar surface area (TPSA) is 116 Å². The fourth-order valence-corrected chi connectivity index (χ4v) is 5.74. The minimum absolute atomic E-state index is 0.164. The molecule has 1 aliphatic rings. The second-order valence-electron chi connectivity index (χ2n) is 9.07. The summed E-state index contributed by atoms with van der Waals surface area (Å²) in [5, 5.41) is 8.66. The fraction of sp³-hybridized carbons (Fsp3) is 0.440. The molecule has 1 saturated carbocycles. The van der Waals surface area contributed by atoms with E-state index in [2.05, 4.69) is 20.7 Å². The smallest absolute Gasteiger partial charge is 0.315 e. The number of rotatable bonds is 10. The summed E-state index contributed by atoms with van der Waals surface area (Å²) in [5.41, 5.74) is 1.36. The van der Waals surface area contributed by atoms with Gasteiger partial charge in [-0.05, 0) is 43.4 Å². The Balaban J connectivity index is 1.62. The largest absolute Gasteiger partial charge is 0.350 e. The van der Waals surface area contributed by atoms with Crippen LogP contribution < -0.4 is 20.7 Å². The standard InChI is InChI=1S/C25H34N4O4S/c1-19(2)29-34(32,33)18-22-13-7-6-12-21(22)17-26-23(30)25(14-8-9-15-25)28-24(31)27-16-20-10-4-3-5-11-20/h3-7,10-13,19,29H,8-9,14-18H2,1-2H3,(H,26,30)(H2,27,28,31). The van der Waals surface area contributed by atoms with Crippen LogP contribution in [0.2, 0.25) is 0 Å². The summed E-state index contributed by atoms with van der Waals surface area (Å²) in [6, 6.07) is 16.1. The maximum atomic E-state index is 13.2. The monoisotopic (exact) mass is 486 g/mol. The zero-order valence-corrected chi connectivity index (χ0v) is 20.6. The molecule has 0 heterocycles. The Bertz CT molecular complexity index is 1080. The van der Waals surface area contributed by atoms with Crippen LogP contribution in [-0.4, -0.2) is 31.9 Å². The third-order valence-electron chi connectivity index (χ3n) is 5.86. The van der Waals surface area contributed by atoms with Gasteiger partial charge in [0.15, 0.2) is 0 Å². The van der Waals surface area contributed by atoms with Gasteiger partial charge < -0.3 is 16.0 Å². The number of sulfonamides is 1. The van der Waals surface area contributed by atoms with Gasteiger partial charge in [-0.15, -0.1) is 0 Å². The predicted octanol–water partition coefficient (Wildman–Crippen LogP) is 2.94. The first kappa shape index (κ1) is 25.7. The molecule has 0 aromatic heterocycles. The number of carbonyl (C=O) groups is 2. The first-order chi connectivity index (χ1) is 16.2. The highest BCUT2D eigenvalue weighted by molar-refractivity contribution is 7.88. The lowest BCUT2D eigenvalue weighted by Crippen LogP contribution is -2.59. The van der Waals surface area contributed by atoms with Gasteiger partial charge in [0, 0.05) is 19.1 Å². The molecule has 0 unspecified atom stereocenters. The first-order valence-corrected chi connectivity index (χ1v) is 13.3. The van der Waals surface area contributed by atoms with Crippen molar-refractivity contribution < 1.29 is 18.0 Å². The fourth-order valence-electron chi connectivity index (χ4n) is 4.25. The van der Waals surface area contributed by atoms with Crippen molar-refractivity contribution in [3.05, 3.63) is 71.3 Å². The minimum Gasteiger partial charge on any atom is -0.350 e. The quantitative estimate of drug-likeness (QED) is 0.413. The number of urea groups is 1. The number of benzene rings is 2. The van der Waals surface area contributed by atoms with Crippen LogP contribution in [0.25, 0.3) is 0 Å². The van der Waals surface area contributed by atoms with Gasteiger partial charge in [-0.2, -0.15) is 0 Å². The molecule has 1 aliphatic carbocycles. The van der Waals surface area contributed by atoms with Crippen molar-refractivity contribution in [3.8, 4) is 0 Å². The van der Waals surface area contributed by atoms with Gasteiger partial charge in [0.2, 0.25) is 15.9 Å². The molecular formula is C25H34N4O4S. The molecule has 34 heavy (non-hydrogen) atoms. The number of nitrogens with one attached hydrogen (secondary N) is 4. The molecule has 0 atom stereocenters. The summed E-state index contributed by atoms with van der Waals surface area (Å²) in [4.78, 5) is 25.8. The van der Waals surface area contributed by atoms with E-state index in [0.29, 0.717) is 24.9 Å². The van der Waals surface area contributed by atoms with Crippen LogP contribution in [0.1, 0.15) is 56.2 Å². The minimum atomic E-state index is -3.50. The molecule has 0 spiro atoms. The number of hydrogen-bond donors (Lipinski definition) is 4. The number of hydrogen-bond acceptors (Lipinski definition) is 4. The van der Waals surface area contributed by atoms with E-state index in [9.17, 15) is 18.0 Å². The van der Waals surface area contributed by atoms with Crippen LogP contribution in [0.5, 0.6) is 0 Å². The van der Waals surface area contributed by atoms with Gasteiger partial charge >= 0.3 is 6.03 Å². The van der Waals surface area contributed by atoms with Crippen molar-refractivity contribution in [3.63, 3.8) is 0 Å². The second kappa shape index (κ2) is 11.5. The third kappa shape index (κ3) is 7.30. The molecule has 0 radical (unpaired) electrons. The predicted molar refractivity (Wildman–Crippen MR) is 132 cm³/mol. The van der Waals surface area contributed by atoms with Crippen LogP contribution in [-0.2, 0) is 33.7 Å². The molecular weight excluding hydrogens is 452 g/mol. The highest BCUT2D eigenvalue weighted by Gasteiger charge is 2.42. The molecule has 3 amide bonds. The SMILES string of the molecule is CC(C)NS(=O)(=O)Cc1ccccc1CNC(=O)C1(NC(=O)NCc2ccccc2)CCCC1. The van der Waals surface area contributed by atoms with E-state index < -0.39 is 15.6 Å². The third-order valence-corrected chi connectivity index (χ3v) is 7.38. The number of carbonyl (C=O) groups excluding carboxylic acids is 2. The lowest BCUT2D eigenvalue weighted by molar-refractivity contribution is -0.127. The van der Waals surface area contributed by atoms with Crippen LogP contribution in [0.3, 0.4) is 0 Å². The Morgan fingerprint density at radius 2 is 1.50 bits per heavy atom. The molecule has 1 fully saturated rings. The molecule has 184 valence electrons. The average molecular weight is 487 g/mol. The van der Waals surface area contributed by atoms with E-state index in [1.807, 2.05) is 42.5 Å². The van der Waals surface area contributed by atoms with E-state index in [1.54, 1.807) is 26.0 Å². The lowest BCUT2D eigenvalue weighted by Gasteiger charge is -2.29. The average Bonchev–Trinajstić information content (AvgIpc) is 3.26. The Kier molecular flexibility index (Phi) is 8.68. The lowest BCUT2D eigenvalue weighted by atomic mass is 9.96. The van der Waals surface area contributed by atoms with E-state index in [-0.39, 0.29) is 30.3 Å². The van der Waals surface area contributed by atoms with Crippen LogP contribution in [0.15, 0.2) is 54.6 Å². The molecule has 8 nitrogen and oxygen atoms in total. The van der Waals surface area contributed by atoms with Gasteiger partial charge in [-0.3, -0.25) is 4.79 Å². The summed E-state index contributed by atoms with van der Waals surface area (Å²) in [6.45, 7) is 4.10. The van der Waals surface area contributed by atoms with E-state index >= 15 is 0 Å². The number of amides is 3. The van der Waals surface area contributed by atoms with Crippen molar-refractivity contribution in [2.24, 2.45) is 0 Å². The van der Waals surface area contributed by atoms with E-state index in [1.165, 1.54) is 0 Å². The van der Waals surface area contributed by atoms with Crippen LogP contribution >= 0.6 is 0 Å². The van der Waals surface area contributed by atoms with Crippen LogP contribution in [0, 0.1) is 0 Å². The molecule has 2 aromatic rings. The normalized spacial score (nSPS) is 15.1. The molecule has 3 rings (SSSR count). The van der Waals surface area contributed by atoms with Gasteiger partial charge in [0.25, 0.3) is 0 Å². The van der Waals surface area contributed by atoms with Crippen LogP contribution in [0.4, 0.5) is 4.79 Å². The zero-order chi connectivity index (χ0) is 24.6. The molecule has 9 heteroatoms. The summed E-state index contributed by atoms with van der Waals surface area (Å²) >= 11 is 0. The molecule has 0 aliphatic heterocycles. The van der Waals surface area contributed by atoms with Crippen molar-refractivity contribution in [2.75, 3.05) is 0 Å². The highest BCUT2D eigenvalue weighted by atomic mass is 32.2. The summed E-state index contributed by atoms with van der Waals surface area (Å²) in [6.07, 6.45) is 2.82. The van der Waals surface area contributed by atoms with Crippen molar-refractivity contribution in [1.82, 2.24) is 20.7 Å². The molecule has 2 aromatic carbocycles. The highest BCUT2D eigenvalue weighted by Crippen LogP contribution is 2.30. The van der Waals surface area contributed by atoms with Gasteiger partial charge in [-0.1, -0.05) is 67.4 Å². The van der Waals surface area contributed by atoms with Crippen molar-refractivity contribution in [2.45, 2.75) is 70.0 Å². The van der Waals surface area contributed by atoms with Gasteiger partial charge in [0.1, 0.15) is 5.54 Å². The summed E-state index contributed by atoms with van der Waals surface area (Å²) < 4.78 is 27.4. The van der Waals surface area contributed by atoms with E-state index in [4.69, 9.17) is 0 Å². The Morgan fingerprint density at radius 3 is 2.15 bits per heavy atom.